The molecule has 0 radical (unpaired) electrons. The molecule has 29 heavy (non-hydrogen) atoms. The van der Waals surface area contributed by atoms with E-state index in [9.17, 15) is 9.59 Å². The number of hydrogen-bond acceptors (Lipinski definition) is 5. The van der Waals surface area contributed by atoms with Crippen molar-refractivity contribution < 1.29 is 19.1 Å². The molecule has 0 aliphatic carbocycles. The van der Waals surface area contributed by atoms with Gasteiger partial charge in [0, 0.05) is 40.3 Å². The SMILES string of the molecule is CCOC(=O)C1CCN(C(=NC)NCC(C)CN(C)C(=O)OC(C)(C)C)CC1.I. The Kier molecular flexibility index (Phi) is 12.6. The lowest BCUT2D eigenvalue weighted by molar-refractivity contribution is -0.149. The molecule has 8 nitrogen and oxygen atoms in total. The summed E-state index contributed by atoms with van der Waals surface area (Å²) in [6.45, 7) is 12.7. The molecule has 170 valence electrons. The third kappa shape index (κ3) is 10.4. The van der Waals surface area contributed by atoms with Gasteiger partial charge in [-0.15, -0.1) is 24.0 Å². The average Bonchev–Trinajstić information content (AvgIpc) is 2.61. The molecule has 0 aromatic rings. The van der Waals surface area contributed by atoms with Crippen LogP contribution >= 0.6 is 24.0 Å². The van der Waals surface area contributed by atoms with Crippen LogP contribution in [0.4, 0.5) is 4.79 Å². The number of halogens is 1. The van der Waals surface area contributed by atoms with Crippen molar-refractivity contribution in [2.24, 2.45) is 16.8 Å². The molecule has 1 fully saturated rings. The zero-order valence-electron chi connectivity index (χ0n) is 19.0. The van der Waals surface area contributed by atoms with Crippen LogP contribution in [0.2, 0.25) is 0 Å². The molecule has 1 rings (SSSR count). The van der Waals surface area contributed by atoms with Crippen molar-refractivity contribution in [1.82, 2.24) is 15.1 Å². The Morgan fingerprint density at radius 1 is 1.28 bits per heavy atom. The first-order chi connectivity index (χ1) is 13.1. The zero-order chi connectivity index (χ0) is 21.3. The maximum Gasteiger partial charge on any atom is 0.410 e. The van der Waals surface area contributed by atoms with Crippen LogP contribution in [0.3, 0.4) is 0 Å². The summed E-state index contributed by atoms with van der Waals surface area (Å²) in [5, 5.41) is 3.38. The van der Waals surface area contributed by atoms with Gasteiger partial charge in [-0.2, -0.15) is 0 Å². The van der Waals surface area contributed by atoms with Gasteiger partial charge in [-0.05, 0) is 46.5 Å². The van der Waals surface area contributed by atoms with Crippen LogP contribution in [0, 0.1) is 11.8 Å². The Labute approximate surface area is 192 Å². The molecule has 1 saturated heterocycles. The van der Waals surface area contributed by atoms with Gasteiger partial charge in [-0.3, -0.25) is 9.79 Å². The Morgan fingerprint density at radius 2 is 1.86 bits per heavy atom. The average molecular weight is 526 g/mol. The third-order valence-electron chi connectivity index (χ3n) is 4.53. The van der Waals surface area contributed by atoms with Gasteiger partial charge in [-0.25, -0.2) is 4.79 Å². The van der Waals surface area contributed by atoms with E-state index in [1.54, 1.807) is 19.0 Å². The van der Waals surface area contributed by atoms with Gasteiger partial charge in [-0.1, -0.05) is 6.92 Å². The van der Waals surface area contributed by atoms with E-state index >= 15 is 0 Å². The third-order valence-corrected chi connectivity index (χ3v) is 4.53. The highest BCUT2D eigenvalue weighted by Gasteiger charge is 2.27. The number of carbonyl (C=O) groups is 2. The van der Waals surface area contributed by atoms with E-state index in [0.717, 1.165) is 31.9 Å². The quantitative estimate of drug-likeness (QED) is 0.248. The van der Waals surface area contributed by atoms with E-state index in [0.29, 0.717) is 19.7 Å². The summed E-state index contributed by atoms with van der Waals surface area (Å²) in [4.78, 5) is 32.1. The fraction of sp³-hybridized carbons (Fsp3) is 0.850. The number of ether oxygens (including phenoxy) is 2. The number of likely N-dealkylation sites (tertiary alicyclic amines) is 1. The number of aliphatic imine (C=N–C) groups is 1. The Bertz CT molecular complexity index is 543. The molecule has 0 aromatic heterocycles. The van der Waals surface area contributed by atoms with Gasteiger partial charge >= 0.3 is 12.1 Å². The number of piperidine rings is 1. The Morgan fingerprint density at radius 3 is 2.34 bits per heavy atom. The lowest BCUT2D eigenvalue weighted by Gasteiger charge is -2.34. The molecule has 1 amide bonds. The van der Waals surface area contributed by atoms with Crippen LogP contribution in [0.5, 0.6) is 0 Å². The molecule has 1 heterocycles. The first kappa shape index (κ1) is 27.7. The molecular weight excluding hydrogens is 487 g/mol. The number of guanidine groups is 1. The summed E-state index contributed by atoms with van der Waals surface area (Å²) in [6.07, 6.45) is 1.23. The number of hydrogen-bond donors (Lipinski definition) is 1. The molecule has 1 unspecified atom stereocenters. The molecule has 1 N–H and O–H groups in total. The number of nitrogens with zero attached hydrogens (tertiary/aromatic N) is 3. The molecule has 0 aromatic carbocycles. The van der Waals surface area contributed by atoms with Crippen molar-refractivity contribution in [1.29, 1.82) is 0 Å². The second-order valence-electron chi connectivity index (χ2n) is 8.41. The molecule has 1 atom stereocenters. The Hall–Kier alpha value is -1.26. The van der Waals surface area contributed by atoms with Crippen LogP contribution in [0.1, 0.15) is 47.5 Å². The maximum atomic E-state index is 12.1. The smallest absolute Gasteiger partial charge is 0.410 e. The number of rotatable bonds is 6. The van der Waals surface area contributed by atoms with Crippen LogP contribution in [-0.4, -0.2) is 80.3 Å². The normalized spacial score (nSPS) is 16.5. The van der Waals surface area contributed by atoms with Crippen molar-refractivity contribution in [3.63, 3.8) is 0 Å². The van der Waals surface area contributed by atoms with Crippen molar-refractivity contribution in [3.8, 4) is 0 Å². The van der Waals surface area contributed by atoms with Crippen LogP contribution in [0.25, 0.3) is 0 Å². The molecule has 1 aliphatic heterocycles. The fourth-order valence-electron chi connectivity index (χ4n) is 3.13. The highest BCUT2D eigenvalue weighted by Crippen LogP contribution is 2.18. The Balaban J connectivity index is 0.00000784. The van der Waals surface area contributed by atoms with Crippen molar-refractivity contribution >= 4 is 42.0 Å². The number of carbonyl (C=O) groups excluding carboxylic acids is 2. The van der Waals surface area contributed by atoms with Gasteiger partial charge in [0.1, 0.15) is 5.60 Å². The minimum Gasteiger partial charge on any atom is -0.466 e. The first-order valence-corrected chi connectivity index (χ1v) is 10.1. The summed E-state index contributed by atoms with van der Waals surface area (Å²) in [7, 11) is 3.51. The summed E-state index contributed by atoms with van der Waals surface area (Å²) in [5.41, 5.74) is -0.495. The van der Waals surface area contributed by atoms with Crippen molar-refractivity contribution in [2.45, 2.75) is 53.1 Å². The highest BCUT2D eigenvalue weighted by molar-refractivity contribution is 14.0. The van der Waals surface area contributed by atoms with Crippen molar-refractivity contribution in [3.05, 3.63) is 0 Å². The summed E-state index contributed by atoms with van der Waals surface area (Å²) in [5.74, 6) is 0.944. The number of amides is 1. The van der Waals surface area contributed by atoms with Crippen molar-refractivity contribution in [2.75, 3.05) is 46.9 Å². The minimum absolute atomic E-state index is 0. The maximum absolute atomic E-state index is 12.1. The van der Waals surface area contributed by atoms with E-state index < -0.39 is 5.60 Å². The van der Waals surface area contributed by atoms with Crippen LogP contribution in [-0.2, 0) is 14.3 Å². The van der Waals surface area contributed by atoms with E-state index in [1.807, 2.05) is 27.7 Å². The second kappa shape index (κ2) is 13.1. The highest BCUT2D eigenvalue weighted by atomic mass is 127. The van der Waals surface area contributed by atoms with Crippen LogP contribution < -0.4 is 5.32 Å². The zero-order valence-corrected chi connectivity index (χ0v) is 21.3. The molecule has 9 heteroatoms. The molecule has 0 spiro atoms. The minimum atomic E-state index is -0.495. The first-order valence-electron chi connectivity index (χ1n) is 10.1. The van der Waals surface area contributed by atoms with E-state index in [2.05, 4.69) is 22.1 Å². The predicted molar refractivity (Wildman–Crippen MR) is 126 cm³/mol. The second-order valence-corrected chi connectivity index (χ2v) is 8.41. The predicted octanol–water partition coefficient (Wildman–Crippen LogP) is 2.96. The summed E-state index contributed by atoms with van der Waals surface area (Å²) < 4.78 is 10.5. The summed E-state index contributed by atoms with van der Waals surface area (Å²) >= 11 is 0. The van der Waals surface area contributed by atoms with E-state index in [4.69, 9.17) is 9.47 Å². The lowest BCUT2D eigenvalue weighted by atomic mass is 9.97. The monoisotopic (exact) mass is 526 g/mol. The fourth-order valence-corrected chi connectivity index (χ4v) is 3.13. The molecule has 0 saturated carbocycles. The molecule has 1 aliphatic rings. The molecular formula is C20H39IN4O4. The number of esters is 1. The van der Waals surface area contributed by atoms with E-state index in [1.165, 1.54) is 0 Å². The summed E-state index contributed by atoms with van der Waals surface area (Å²) in [6, 6.07) is 0. The standard InChI is InChI=1S/C20H38N4O4.HI/c1-8-27-17(25)16-9-11-24(12-10-16)18(21-6)22-13-15(2)14-23(7)19(26)28-20(3,4)5;/h15-16H,8-14H2,1-7H3,(H,21,22);1H. The van der Waals surface area contributed by atoms with Gasteiger partial charge < -0.3 is 24.6 Å². The topological polar surface area (TPSA) is 83.5 Å². The number of nitrogens with one attached hydrogen (secondary N) is 1. The van der Waals surface area contributed by atoms with Crippen LogP contribution in [0.15, 0.2) is 4.99 Å². The largest absolute Gasteiger partial charge is 0.466 e. The van der Waals surface area contributed by atoms with Gasteiger partial charge in [0.15, 0.2) is 5.96 Å². The molecule has 0 bridgehead atoms. The van der Waals surface area contributed by atoms with Gasteiger partial charge in [0.25, 0.3) is 0 Å². The lowest BCUT2D eigenvalue weighted by Crippen LogP contribution is -2.48. The van der Waals surface area contributed by atoms with E-state index in [-0.39, 0.29) is 47.9 Å². The van der Waals surface area contributed by atoms with Gasteiger partial charge in [0.2, 0.25) is 0 Å². The van der Waals surface area contributed by atoms with Gasteiger partial charge in [0.05, 0.1) is 12.5 Å².